The monoisotopic (exact) mass is 506 g/mol. The summed E-state index contributed by atoms with van der Waals surface area (Å²) in [6, 6.07) is 17.5. The number of carbonyl (C=O) groups is 2. The molecule has 0 spiro atoms. The van der Waals surface area contributed by atoms with Crippen LogP contribution in [0.15, 0.2) is 59.8 Å². The molecule has 2 aromatic carbocycles. The van der Waals surface area contributed by atoms with E-state index in [0.29, 0.717) is 35.4 Å². The first kappa shape index (κ1) is 25.8. The maximum Gasteiger partial charge on any atom is 0.251 e. The number of amides is 2. The largest absolute Gasteiger partial charge is 0.368 e. The molecule has 0 saturated carbocycles. The number of thioether (sulfide) groups is 1. The highest BCUT2D eigenvalue weighted by molar-refractivity contribution is 7.99. The molecule has 36 heavy (non-hydrogen) atoms. The van der Waals surface area contributed by atoms with Gasteiger partial charge in [0.25, 0.3) is 5.91 Å². The Bertz CT molecular complexity index is 1170. The van der Waals surface area contributed by atoms with Crippen molar-refractivity contribution in [3.63, 3.8) is 0 Å². The first-order chi connectivity index (χ1) is 17.3. The lowest BCUT2D eigenvalue weighted by molar-refractivity contribution is -0.128. The summed E-state index contributed by atoms with van der Waals surface area (Å²) in [6.45, 7) is 9.14. The lowest BCUT2D eigenvalue weighted by Crippen LogP contribution is -2.49. The fraction of sp³-hybridized carbons (Fsp3) is 0.407. The molecule has 3 aromatic rings. The van der Waals surface area contributed by atoms with E-state index < -0.39 is 0 Å². The molecule has 0 radical (unpaired) electrons. The average molecular weight is 507 g/mol. The highest BCUT2D eigenvalue weighted by Gasteiger charge is 2.26. The summed E-state index contributed by atoms with van der Waals surface area (Å²) in [4.78, 5) is 29.9. The van der Waals surface area contributed by atoms with Gasteiger partial charge < -0.3 is 19.7 Å². The summed E-state index contributed by atoms with van der Waals surface area (Å²) < 4.78 is 1.88. The van der Waals surface area contributed by atoms with Gasteiger partial charge in [0.2, 0.25) is 5.91 Å². The van der Waals surface area contributed by atoms with Gasteiger partial charge in [-0.15, -0.1) is 10.2 Å². The molecule has 2 amide bonds. The number of nitrogens with one attached hydrogen (secondary N) is 1. The van der Waals surface area contributed by atoms with Gasteiger partial charge in [0.05, 0.1) is 11.8 Å². The summed E-state index contributed by atoms with van der Waals surface area (Å²) in [5.41, 5.74) is 2.91. The van der Waals surface area contributed by atoms with Crippen molar-refractivity contribution in [1.82, 2.24) is 25.0 Å². The number of rotatable bonds is 8. The van der Waals surface area contributed by atoms with Gasteiger partial charge in [-0.2, -0.15) is 0 Å². The number of aryl methyl sites for hydroxylation is 1. The van der Waals surface area contributed by atoms with Gasteiger partial charge >= 0.3 is 0 Å². The minimum absolute atomic E-state index is 0.102. The normalized spacial score (nSPS) is 14.7. The quantitative estimate of drug-likeness (QED) is 0.469. The summed E-state index contributed by atoms with van der Waals surface area (Å²) >= 11 is 1.38. The molecular formula is C27H34N6O2S. The number of piperazine rings is 1. The standard InChI is InChI=1S/C27H34N6O2S/c1-19(2)24(28-26(35)21-12-10-20(3)11-13-21)25-29-30-27(31(25)4)36-18-23(34)33-16-14-32(15-17-33)22-8-6-5-7-9-22/h5-13,19,24H,14-18H2,1-4H3,(H,28,35). The van der Waals surface area contributed by atoms with E-state index in [4.69, 9.17) is 0 Å². The molecule has 1 aliphatic rings. The maximum atomic E-state index is 12.9. The second-order valence-electron chi connectivity index (χ2n) is 9.45. The van der Waals surface area contributed by atoms with E-state index in [1.54, 1.807) is 0 Å². The van der Waals surface area contributed by atoms with Crippen LogP contribution in [-0.4, -0.2) is 63.4 Å². The van der Waals surface area contributed by atoms with Crippen LogP contribution in [0, 0.1) is 12.8 Å². The molecule has 0 bridgehead atoms. The van der Waals surface area contributed by atoms with E-state index in [-0.39, 0.29) is 23.8 Å². The van der Waals surface area contributed by atoms with Gasteiger partial charge in [0.15, 0.2) is 11.0 Å². The molecule has 1 N–H and O–H groups in total. The van der Waals surface area contributed by atoms with E-state index in [0.717, 1.165) is 18.7 Å². The van der Waals surface area contributed by atoms with Crippen molar-refractivity contribution in [2.45, 2.75) is 32.0 Å². The predicted molar refractivity (Wildman–Crippen MR) is 143 cm³/mol. The Morgan fingerprint density at radius 3 is 2.28 bits per heavy atom. The van der Waals surface area contributed by atoms with Crippen molar-refractivity contribution in [2.75, 3.05) is 36.8 Å². The molecule has 1 saturated heterocycles. The highest BCUT2D eigenvalue weighted by Crippen LogP contribution is 2.25. The van der Waals surface area contributed by atoms with Crippen LogP contribution in [0.2, 0.25) is 0 Å². The van der Waals surface area contributed by atoms with Gasteiger partial charge in [-0.25, -0.2) is 0 Å². The van der Waals surface area contributed by atoms with Crippen LogP contribution in [-0.2, 0) is 11.8 Å². The molecule has 0 aliphatic carbocycles. The van der Waals surface area contributed by atoms with Crippen molar-refractivity contribution >= 4 is 29.3 Å². The molecule has 1 aromatic heterocycles. The summed E-state index contributed by atoms with van der Waals surface area (Å²) in [7, 11) is 1.88. The number of para-hydroxylation sites is 1. The van der Waals surface area contributed by atoms with Crippen LogP contribution >= 0.6 is 11.8 Å². The second-order valence-corrected chi connectivity index (χ2v) is 10.4. The van der Waals surface area contributed by atoms with Crippen molar-refractivity contribution in [2.24, 2.45) is 13.0 Å². The molecule has 190 valence electrons. The SMILES string of the molecule is Cc1ccc(C(=O)NC(c2nnc(SCC(=O)N3CCN(c4ccccc4)CC3)n2C)C(C)C)cc1. The third kappa shape index (κ3) is 6.07. The molecule has 9 heteroatoms. The fourth-order valence-corrected chi connectivity index (χ4v) is 5.07. The lowest BCUT2D eigenvalue weighted by atomic mass is 10.0. The number of hydrogen-bond donors (Lipinski definition) is 1. The number of hydrogen-bond acceptors (Lipinski definition) is 6. The molecule has 1 atom stereocenters. The van der Waals surface area contributed by atoms with Crippen molar-refractivity contribution in [1.29, 1.82) is 0 Å². The third-order valence-corrected chi connectivity index (χ3v) is 7.50. The molecule has 2 heterocycles. The van der Waals surface area contributed by atoms with Crippen molar-refractivity contribution in [3.05, 3.63) is 71.5 Å². The van der Waals surface area contributed by atoms with Gasteiger partial charge in [0.1, 0.15) is 0 Å². The zero-order valence-electron chi connectivity index (χ0n) is 21.3. The van der Waals surface area contributed by atoms with E-state index >= 15 is 0 Å². The summed E-state index contributed by atoms with van der Waals surface area (Å²) in [6.07, 6.45) is 0. The topological polar surface area (TPSA) is 83.4 Å². The lowest BCUT2D eigenvalue weighted by Gasteiger charge is -2.36. The molecule has 4 rings (SSSR count). The Balaban J connectivity index is 1.34. The van der Waals surface area contributed by atoms with Crippen LogP contribution in [0.4, 0.5) is 5.69 Å². The van der Waals surface area contributed by atoms with E-state index in [9.17, 15) is 9.59 Å². The van der Waals surface area contributed by atoms with Crippen molar-refractivity contribution < 1.29 is 9.59 Å². The Hall–Kier alpha value is -3.33. The van der Waals surface area contributed by atoms with Gasteiger partial charge in [-0.05, 0) is 37.1 Å². The summed E-state index contributed by atoms with van der Waals surface area (Å²) in [5, 5.41) is 12.5. The summed E-state index contributed by atoms with van der Waals surface area (Å²) in [5.74, 6) is 1.06. The molecule has 1 aliphatic heterocycles. The van der Waals surface area contributed by atoms with Gasteiger partial charge in [0, 0.05) is 44.5 Å². The van der Waals surface area contributed by atoms with Crippen LogP contribution in [0.25, 0.3) is 0 Å². The van der Waals surface area contributed by atoms with Crippen LogP contribution < -0.4 is 10.2 Å². The smallest absolute Gasteiger partial charge is 0.251 e. The number of carbonyl (C=O) groups excluding carboxylic acids is 2. The number of benzene rings is 2. The minimum atomic E-state index is -0.299. The van der Waals surface area contributed by atoms with Crippen LogP contribution in [0.5, 0.6) is 0 Å². The van der Waals surface area contributed by atoms with E-state index in [1.165, 1.54) is 17.4 Å². The average Bonchev–Trinajstić information content (AvgIpc) is 3.26. The zero-order valence-corrected chi connectivity index (χ0v) is 22.2. The Labute approximate surface area is 217 Å². The predicted octanol–water partition coefficient (Wildman–Crippen LogP) is 3.69. The number of aromatic nitrogens is 3. The molecule has 8 nitrogen and oxygen atoms in total. The maximum absolute atomic E-state index is 12.9. The number of nitrogens with zero attached hydrogens (tertiary/aromatic N) is 5. The Morgan fingerprint density at radius 2 is 1.64 bits per heavy atom. The molecule has 1 unspecified atom stereocenters. The van der Waals surface area contributed by atoms with Crippen LogP contribution in [0.1, 0.15) is 41.6 Å². The third-order valence-electron chi connectivity index (χ3n) is 6.49. The minimum Gasteiger partial charge on any atom is -0.368 e. The Kier molecular flexibility index (Phi) is 8.30. The second kappa shape index (κ2) is 11.6. The molecular weight excluding hydrogens is 472 g/mol. The van der Waals surface area contributed by atoms with Gasteiger partial charge in [-0.1, -0.05) is 61.5 Å². The fourth-order valence-electron chi connectivity index (χ4n) is 4.25. The molecule has 1 fully saturated rings. The Morgan fingerprint density at radius 1 is 0.972 bits per heavy atom. The van der Waals surface area contributed by atoms with Crippen LogP contribution in [0.3, 0.4) is 0 Å². The highest BCUT2D eigenvalue weighted by atomic mass is 32.2. The van der Waals surface area contributed by atoms with Crippen molar-refractivity contribution in [3.8, 4) is 0 Å². The van der Waals surface area contributed by atoms with Gasteiger partial charge in [-0.3, -0.25) is 9.59 Å². The number of anilines is 1. The first-order valence-electron chi connectivity index (χ1n) is 12.3. The first-order valence-corrected chi connectivity index (χ1v) is 13.3. The zero-order chi connectivity index (χ0) is 25.7. The van der Waals surface area contributed by atoms with E-state index in [2.05, 4.69) is 32.5 Å². The van der Waals surface area contributed by atoms with E-state index in [1.807, 2.05) is 79.8 Å².